The summed E-state index contributed by atoms with van der Waals surface area (Å²) in [6, 6.07) is 7.53. The van der Waals surface area contributed by atoms with E-state index >= 15 is 0 Å². The maximum Gasteiger partial charge on any atom is 0.154 e. The summed E-state index contributed by atoms with van der Waals surface area (Å²) in [5.41, 5.74) is 0.912. The van der Waals surface area contributed by atoms with Gasteiger partial charge in [-0.1, -0.05) is 12.1 Å². The third kappa shape index (κ3) is 0.886. The van der Waals surface area contributed by atoms with Crippen LogP contribution in [0.25, 0.3) is 10.9 Å². The Balaban J connectivity index is 2.92. The lowest BCUT2D eigenvalue weighted by molar-refractivity contribution is 0.468. The second kappa shape index (κ2) is 2.20. The Hall–Kier alpha value is -1.09. The van der Waals surface area contributed by atoms with Crippen LogP contribution in [-0.2, 0) is 0 Å². The zero-order valence-electron chi connectivity index (χ0n) is 5.70. The highest BCUT2D eigenvalue weighted by atomic mass is 32.1. The average Bonchev–Trinajstić information content (AvgIpc) is 2.30. The van der Waals surface area contributed by atoms with Gasteiger partial charge in [0.15, 0.2) is 5.75 Å². The van der Waals surface area contributed by atoms with Crippen molar-refractivity contribution in [2.75, 3.05) is 0 Å². The predicted octanol–water partition coefficient (Wildman–Crippen LogP) is 2.16. The molecule has 0 unspecified atom stereocenters. The number of benzene rings is 1. The lowest BCUT2D eigenvalue weighted by Gasteiger charge is -1.86. The van der Waals surface area contributed by atoms with Crippen molar-refractivity contribution in [2.45, 2.75) is 5.03 Å². The van der Waals surface area contributed by atoms with E-state index in [0.29, 0.717) is 5.03 Å². The van der Waals surface area contributed by atoms with Crippen LogP contribution < -0.4 is 0 Å². The molecule has 2 aromatic rings. The molecule has 0 saturated carbocycles. The largest absolute Gasteiger partial charge is 0.505 e. The van der Waals surface area contributed by atoms with Gasteiger partial charge < -0.3 is 10.1 Å². The summed E-state index contributed by atoms with van der Waals surface area (Å²) >= 11 is 4.05. The summed E-state index contributed by atoms with van der Waals surface area (Å²) in [7, 11) is 0. The van der Waals surface area contributed by atoms with Crippen LogP contribution >= 0.6 is 12.6 Å². The molecule has 0 aliphatic carbocycles. The maximum absolute atomic E-state index is 9.39. The fourth-order valence-corrected chi connectivity index (χ4v) is 1.35. The molecule has 3 heteroatoms. The van der Waals surface area contributed by atoms with Crippen molar-refractivity contribution in [3.63, 3.8) is 0 Å². The monoisotopic (exact) mass is 165 g/mol. The zero-order valence-corrected chi connectivity index (χ0v) is 6.60. The first-order valence-electron chi connectivity index (χ1n) is 3.27. The van der Waals surface area contributed by atoms with Crippen LogP contribution in [0, 0.1) is 0 Å². The molecule has 0 atom stereocenters. The summed E-state index contributed by atoms with van der Waals surface area (Å²) in [5.74, 6) is 0.226. The first-order chi connectivity index (χ1) is 5.29. The number of aromatic nitrogens is 1. The van der Waals surface area contributed by atoms with Gasteiger partial charge in [0.1, 0.15) is 5.03 Å². The number of fused-ring (bicyclic) bond motifs is 1. The smallest absolute Gasteiger partial charge is 0.154 e. The third-order valence-corrected chi connectivity index (χ3v) is 1.98. The zero-order chi connectivity index (χ0) is 7.84. The molecule has 0 amide bonds. The van der Waals surface area contributed by atoms with Gasteiger partial charge in [0.05, 0.1) is 5.52 Å². The Labute approximate surface area is 69.3 Å². The minimum absolute atomic E-state index is 0.226. The van der Waals surface area contributed by atoms with Crippen LogP contribution in [0.2, 0.25) is 0 Å². The molecule has 0 spiro atoms. The van der Waals surface area contributed by atoms with Crippen molar-refractivity contribution in [3.8, 4) is 5.75 Å². The molecule has 56 valence electrons. The first kappa shape index (κ1) is 6.61. The van der Waals surface area contributed by atoms with Crippen molar-refractivity contribution in [3.05, 3.63) is 24.3 Å². The van der Waals surface area contributed by atoms with Gasteiger partial charge in [0, 0.05) is 5.39 Å². The molecule has 2 N–H and O–H groups in total. The van der Waals surface area contributed by atoms with Gasteiger partial charge in [-0.15, -0.1) is 12.6 Å². The van der Waals surface area contributed by atoms with Crippen LogP contribution in [0.5, 0.6) is 5.75 Å². The van der Waals surface area contributed by atoms with Crippen LogP contribution in [0.1, 0.15) is 0 Å². The molecule has 2 rings (SSSR count). The van der Waals surface area contributed by atoms with E-state index in [4.69, 9.17) is 0 Å². The predicted molar refractivity (Wildman–Crippen MR) is 47.2 cm³/mol. The number of hydrogen-bond donors (Lipinski definition) is 3. The quantitative estimate of drug-likeness (QED) is 0.514. The molecule has 0 saturated heterocycles. The van der Waals surface area contributed by atoms with Crippen molar-refractivity contribution in [1.82, 2.24) is 4.98 Å². The number of rotatable bonds is 0. The fraction of sp³-hybridized carbons (Fsp3) is 0. The number of H-pyrrole nitrogens is 1. The Morgan fingerprint density at radius 3 is 2.73 bits per heavy atom. The van der Waals surface area contributed by atoms with Crippen LogP contribution in [0.15, 0.2) is 29.3 Å². The minimum atomic E-state index is 0.226. The molecule has 1 aromatic carbocycles. The van der Waals surface area contributed by atoms with E-state index in [0.717, 1.165) is 10.9 Å². The second-order valence-corrected chi connectivity index (χ2v) is 2.82. The average molecular weight is 165 g/mol. The van der Waals surface area contributed by atoms with Gasteiger partial charge in [-0.2, -0.15) is 0 Å². The van der Waals surface area contributed by atoms with Gasteiger partial charge in [-0.25, -0.2) is 0 Å². The summed E-state index contributed by atoms with van der Waals surface area (Å²) in [4.78, 5) is 2.94. The first-order valence-corrected chi connectivity index (χ1v) is 3.72. The minimum Gasteiger partial charge on any atom is -0.505 e. The molecule has 1 aromatic heterocycles. The highest BCUT2D eigenvalue weighted by Gasteiger charge is 2.04. The molecule has 0 fully saturated rings. The van der Waals surface area contributed by atoms with Crippen LogP contribution in [-0.4, -0.2) is 10.1 Å². The summed E-state index contributed by atoms with van der Waals surface area (Å²) in [5, 5.41) is 10.7. The molecule has 1 heterocycles. The Kier molecular flexibility index (Phi) is 1.32. The Morgan fingerprint density at radius 2 is 2.00 bits per heavy atom. The lowest BCUT2D eigenvalue weighted by atomic mass is 10.2. The number of thiol groups is 1. The van der Waals surface area contributed by atoms with Crippen molar-refractivity contribution < 1.29 is 5.11 Å². The molecule has 0 aliphatic heterocycles. The van der Waals surface area contributed by atoms with Crippen LogP contribution in [0.3, 0.4) is 0 Å². The van der Waals surface area contributed by atoms with Crippen molar-refractivity contribution >= 4 is 23.5 Å². The molecule has 0 bridgehead atoms. The lowest BCUT2D eigenvalue weighted by Crippen LogP contribution is -1.63. The second-order valence-electron chi connectivity index (χ2n) is 2.37. The summed E-state index contributed by atoms with van der Waals surface area (Å²) in [6.07, 6.45) is 0. The van der Waals surface area contributed by atoms with Gasteiger partial charge in [0.2, 0.25) is 0 Å². The van der Waals surface area contributed by atoms with Gasteiger partial charge in [0.25, 0.3) is 0 Å². The number of aromatic hydroxyl groups is 1. The Morgan fingerprint density at radius 1 is 1.27 bits per heavy atom. The van der Waals surface area contributed by atoms with Gasteiger partial charge in [-0.3, -0.25) is 0 Å². The molecule has 11 heavy (non-hydrogen) atoms. The van der Waals surface area contributed by atoms with E-state index in [9.17, 15) is 5.11 Å². The maximum atomic E-state index is 9.39. The van der Waals surface area contributed by atoms with Crippen molar-refractivity contribution in [2.24, 2.45) is 0 Å². The summed E-state index contributed by atoms with van der Waals surface area (Å²) in [6.45, 7) is 0. The normalized spacial score (nSPS) is 10.6. The number of para-hydroxylation sites is 1. The highest BCUT2D eigenvalue weighted by molar-refractivity contribution is 7.80. The fourth-order valence-electron chi connectivity index (χ4n) is 1.11. The van der Waals surface area contributed by atoms with E-state index in [1.54, 1.807) is 0 Å². The molecule has 0 radical (unpaired) electrons. The Bertz CT molecular complexity index is 394. The highest BCUT2D eigenvalue weighted by Crippen LogP contribution is 2.30. The van der Waals surface area contributed by atoms with Crippen LogP contribution in [0.4, 0.5) is 0 Å². The van der Waals surface area contributed by atoms with E-state index in [-0.39, 0.29) is 5.75 Å². The molecular weight excluding hydrogens is 158 g/mol. The van der Waals surface area contributed by atoms with Gasteiger partial charge >= 0.3 is 0 Å². The van der Waals surface area contributed by atoms with Crippen molar-refractivity contribution in [1.29, 1.82) is 0 Å². The standard InChI is InChI=1S/C8H7NOS/c10-7-5-3-1-2-4-6(5)9-8(7)11/h1-4,9-11H. The topological polar surface area (TPSA) is 36.0 Å². The number of nitrogens with one attached hydrogen (secondary N) is 1. The van der Waals surface area contributed by atoms with E-state index in [1.165, 1.54) is 0 Å². The van der Waals surface area contributed by atoms with E-state index in [1.807, 2.05) is 24.3 Å². The summed E-state index contributed by atoms with van der Waals surface area (Å²) < 4.78 is 0. The molecule has 2 nitrogen and oxygen atoms in total. The SMILES string of the molecule is Oc1c(S)[nH]c2ccccc12. The molecule has 0 aliphatic rings. The van der Waals surface area contributed by atoms with E-state index in [2.05, 4.69) is 17.6 Å². The molecular formula is C8H7NOS. The van der Waals surface area contributed by atoms with Gasteiger partial charge in [-0.05, 0) is 12.1 Å². The van der Waals surface area contributed by atoms with E-state index < -0.39 is 0 Å². The number of hydrogen-bond acceptors (Lipinski definition) is 2. The third-order valence-electron chi connectivity index (χ3n) is 1.66. The number of aromatic amines is 1.